The number of aryl methyl sites for hydroxylation is 3. The highest BCUT2D eigenvalue weighted by Crippen LogP contribution is 2.18. The summed E-state index contributed by atoms with van der Waals surface area (Å²) in [6.07, 6.45) is 11.0. The Labute approximate surface area is 144 Å². The van der Waals surface area contributed by atoms with Gasteiger partial charge in [-0.15, -0.1) is 0 Å². The zero-order valence-corrected chi connectivity index (χ0v) is 14.5. The number of pyridine rings is 1. The van der Waals surface area contributed by atoms with Crippen LogP contribution in [0.3, 0.4) is 0 Å². The maximum atomic E-state index is 12.3. The number of amides is 1. The summed E-state index contributed by atoms with van der Waals surface area (Å²) in [5.41, 5.74) is 4.19. The molecule has 1 aromatic heterocycles. The zero-order valence-electron chi connectivity index (χ0n) is 14.5. The molecule has 3 nitrogen and oxygen atoms in total. The van der Waals surface area contributed by atoms with Crippen LogP contribution in [0, 0.1) is 0 Å². The van der Waals surface area contributed by atoms with Crippen molar-refractivity contribution < 1.29 is 9.36 Å². The van der Waals surface area contributed by atoms with Crippen LogP contribution in [-0.2, 0) is 30.6 Å². The predicted octanol–water partition coefficient (Wildman–Crippen LogP) is 2.99. The molecule has 1 N–H and O–H groups in total. The summed E-state index contributed by atoms with van der Waals surface area (Å²) in [7, 11) is 0. The van der Waals surface area contributed by atoms with Crippen LogP contribution in [0.15, 0.2) is 48.8 Å². The minimum absolute atomic E-state index is 0.0938. The second kappa shape index (κ2) is 8.09. The minimum atomic E-state index is 0.0938. The normalized spacial score (nSPS) is 14.7. The number of benzene rings is 1. The van der Waals surface area contributed by atoms with Gasteiger partial charge >= 0.3 is 0 Å². The highest BCUT2D eigenvalue weighted by Gasteiger charge is 2.16. The Morgan fingerprint density at radius 3 is 2.67 bits per heavy atom. The summed E-state index contributed by atoms with van der Waals surface area (Å²) in [4.78, 5) is 12.3. The topological polar surface area (TPSA) is 33.0 Å². The van der Waals surface area contributed by atoms with Gasteiger partial charge in [-0.25, -0.2) is 0 Å². The first-order valence-corrected chi connectivity index (χ1v) is 9.05. The molecule has 1 heterocycles. The van der Waals surface area contributed by atoms with Crippen LogP contribution in [0.25, 0.3) is 0 Å². The van der Waals surface area contributed by atoms with Gasteiger partial charge in [-0.2, -0.15) is 4.57 Å². The molecule has 0 bridgehead atoms. The maximum absolute atomic E-state index is 12.3. The SMILES string of the molecule is C[C@H](CCc1ccccc1)NC(=O)C[n+]1ccc2c(c1)CCCC2. The fraction of sp³-hybridized carbons (Fsp3) is 0.429. The molecule has 0 aliphatic heterocycles. The van der Waals surface area contributed by atoms with Gasteiger partial charge < -0.3 is 5.32 Å². The Hall–Kier alpha value is -2.16. The number of carbonyl (C=O) groups is 1. The van der Waals surface area contributed by atoms with Crippen molar-refractivity contribution in [2.45, 2.75) is 58.0 Å². The van der Waals surface area contributed by atoms with Crippen molar-refractivity contribution >= 4 is 5.91 Å². The van der Waals surface area contributed by atoms with E-state index in [0.29, 0.717) is 6.54 Å². The number of hydrogen-bond acceptors (Lipinski definition) is 1. The van der Waals surface area contributed by atoms with Crippen molar-refractivity contribution in [1.82, 2.24) is 5.32 Å². The van der Waals surface area contributed by atoms with E-state index in [1.54, 1.807) is 0 Å². The number of rotatable bonds is 6. The molecule has 0 unspecified atom stereocenters. The first-order chi connectivity index (χ1) is 11.7. The van der Waals surface area contributed by atoms with E-state index in [-0.39, 0.29) is 11.9 Å². The molecular weight excluding hydrogens is 296 g/mol. The molecule has 0 fully saturated rings. The number of carbonyl (C=O) groups excluding carboxylic acids is 1. The van der Waals surface area contributed by atoms with E-state index in [4.69, 9.17) is 0 Å². The number of fused-ring (bicyclic) bond motifs is 1. The van der Waals surface area contributed by atoms with Gasteiger partial charge in [0.25, 0.3) is 5.91 Å². The summed E-state index contributed by atoms with van der Waals surface area (Å²) in [6, 6.07) is 12.8. The van der Waals surface area contributed by atoms with Crippen molar-refractivity contribution in [3.8, 4) is 0 Å². The van der Waals surface area contributed by atoms with E-state index in [1.807, 2.05) is 16.8 Å². The first kappa shape index (κ1) is 16.7. The van der Waals surface area contributed by atoms with Gasteiger partial charge in [-0.05, 0) is 56.6 Å². The second-order valence-corrected chi connectivity index (χ2v) is 6.87. The third-order valence-corrected chi connectivity index (χ3v) is 4.79. The van der Waals surface area contributed by atoms with Crippen LogP contribution in [-0.4, -0.2) is 11.9 Å². The molecule has 1 aromatic carbocycles. The molecule has 0 saturated carbocycles. The van der Waals surface area contributed by atoms with E-state index >= 15 is 0 Å². The molecule has 0 saturated heterocycles. The van der Waals surface area contributed by atoms with Gasteiger partial charge in [-0.3, -0.25) is 4.79 Å². The number of nitrogens with one attached hydrogen (secondary N) is 1. The lowest BCUT2D eigenvalue weighted by molar-refractivity contribution is -0.685. The molecule has 3 rings (SSSR count). The Kier molecular flexibility index (Phi) is 5.63. The fourth-order valence-corrected chi connectivity index (χ4v) is 3.40. The molecule has 24 heavy (non-hydrogen) atoms. The second-order valence-electron chi connectivity index (χ2n) is 6.87. The number of nitrogens with zero attached hydrogens (tertiary/aromatic N) is 1. The Morgan fingerprint density at radius 1 is 1.12 bits per heavy atom. The van der Waals surface area contributed by atoms with Crippen molar-refractivity contribution in [2.24, 2.45) is 0 Å². The van der Waals surface area contributed by atoms with Crippen molar-refractivity contribution in [3.05, 3.63) is 65.5 Å². The van der Waals surface area contributed by atoms with Crippen LogP contribution in [0.5, 0.6) is 0 Å². The largest absolute Gasteiger partial charge is 0.348 e. The van der Waals surface area contributed by atoms with Gasteiger partial charge in [0.1, 0.15) is 0 Å². The highest BCUT2D eigenvalue weighted by atomic mass is 16.2. The highest BCUT2D eigenvalue weighted by molar-refractivity contribution is 5.74. The van der Waals surface area contributed by atoms with E-state index in [1.165, 1.54) is 36.0 Å². The van der Waals surface area contributed by atoms with Crippen LogP contribution in [0.2, 0.25) is 0 Å². The van der Waals surface area contributed by atoms with Gasteiger partial charge in [0.15, 0.2) is 12.4 Å². The van der Waals surface area contributed by atoms with E-state index in [2.05, 4.69) is 48.8 Å². The van der Waals surface area contributed by atoms with E-state index in [9.17, 15) is 4.79 Å². The molecule has 2 aromatic rings. The monoisotopic (exact) mass is 323 g/mol. The van der Waals surface area contributed by atoms with Crippen LogP contribution in [0.1, 0.15) is 42.9 Å². The number of aromatic nitrogens is 1. The summed E-state index contributed by atoms with van der Waals surface area (Å²) >= 11 is 0. The first-order valence-electron chi connectivity index (χ1n) is 9.05. The van der Waals surface area contributed by atoms with Crippen molar-refractivity contribution in [1.29, 1.82) is 0 Å². The van der Waals surface area contributed by atoms with Crippen molar-refractivity contribution in [3.63, 3.8) is 0 Å². The standard InChI is InChI=1S/C21H26N2O/c1-17(11-12-18-7-3-2-4-8-18)22-21(24)16-23-14-13-19-9-5-6-10-20(19)15-23/h2-4,7-8,13-15,17H,5-6,9-12,16H2,1H3/p+1/t17-/m1/s1. The van der Waals surface area contributed by atoms with Gasteiger partial charge in [0.2, 0.25) is 6.54 Å². The molecule has 3 heteroatoms. The molecule has 0 radical (unpaired) electrons. The number of hydrogen-bond donors (Lipinski definition) is 1. The van der Waals surface area contributed by atoms with Gasteiger partial charge in [-0.1, -0.05) is 30.3 Å². The van der Waals surface area contributed by atoms with Crippen LogP contribution >= 0.6 is 0 Å². The molecule has 0 spiro atoms. The third-order valence-electron chi connectivity index (χ3n) is 4.79. The Bertz CT molecular complexity index is 681. The third kappa shape index (κ3) is 4.67. The lowest BCUT2D eigenvalue weighted by atomic mass is 9.93. The average molecular weight is 323 g/mol. The summed E-state index contributed by atoms with van der Waals surface area (Å²) in [5, 5.41) is 3.12. The molecule has 1 atom stereocenters. The lowest BCUT2D eigenvalue weighted by Crippen LogP contribution is -2.45. The quantitative estimate of drug-likeness (QED) is 0.815. The Morgan fingerprint density at radius 2 is 1.88 bits per heavy atom. The molecule has 126 valence electrons. The van der Waals surface area contributed by atoms with E-state index in [0.717, 1.165) is 19.3 Å². The summed E-state index contributed by atoms with van der Waals surface area (Å²) in [5.74, 6) is 0.0938. The predicted molar refractivity (Wildman–Crippen MR) is 95.6 cm³/mol. The van der Waals surface area contributed by atoms with Crippen molar-refractivity contribution in [2.75, 3.05) is 0 Å². The summed E-state index contributed by atoms with van der Waals surface area (Å²) < 4.78 is 2.02. The fourth-order valence-electron chi connectivity index (χ4n) is 3.40. The molecule has 1 aliphatic rings. The Balaban J connectivity index is 1.48. The van der Waals surface area contributed by atoms with Crippen LogP contribution < -0.4 is 9.88 Å². The molecule has 1 aliphatic carbocycles. The summed E-state index contributed by atoms with van der Waals surface area (Å²) in [6.45, 7) is 2.49. The van der Waals surface area contributed by atoms with E-state index < -0.39 is 0 Å². The lowest BCUT2D eigenvalue weighted by Gasteiger charge is -2.14. The average Bonchev–Trinajstić information content (AvgIpc) is 2.60. The van der Waals surface area contributed by atoms with Crippen LogP contribution in [0.4, 0.5) is 0 Å². The zero-order chi connectivity index (χ0) is 16.8. The maximum Gasteiger partial charge on any atom is 0.286 e. The molecular formula is C21H27N2O+. The molecule has 1 amide bonds. The van der Waals surface area contributed by atoms with Gasteiger partial charge in [0.05, 0.1) is 0 Å². The smallest absolute Gasteiger partial charge is 0.286 e. The minimum Gasteiger partial charge on any atom is -0.348 e. The van der Waals surface area contributed by atoms with Gasteiger partial charge in [0, 0.05) is 17.7 Å².